The van der Waals surface area contributed by atoms with Crippen molar-refractivity contribution in [2.24, 2.45) is 0 Å². The van der Waals surface area contributed by atoms with Crippen LogP contribution in [0.4, 0.5) is 0 Å². The highest BCUT2D eigenvalue weighted by Gasteiger charge is 2.31. The molecule has 0 saturated carbocycles. The maximum atomic E-state index is 12.9. The molecule has 3 aromatic rings. The van der Waals surface area contributed by atoms with E-state index in [1.54, 1.807) is 18.4 Å². The lowest BCUT2D eigenvalue weighted by Gasteiger charge is -2.25. The molecule has 0 aliphatic carbocycles. The minimum atomic E-state index is 0.0385. The van der Waals surface area contributed by atoms with Crippen molar-refractivity contribution in [1.82, 2.24) is 15.1 Å². The molecule has 1 unspecified atom stereocenters. The number of aromatic nitrogens is 2. The Hall–Kier alpha value is -2.94. The van der Waals surface area contributed by atoms with Crippen molar-refractivity contribution < 1.29 is 23.1 Å². The van der Waals surface area contributed by atoms with Crippen LogP contribution in [0.2, 0.25) is 0 Å². The van der Waals surface area contributed by atoms with E-state index >= 15 is 0 Å². The van der Waals surface area contributed by atoms with Crippen LogP contribution in [0.3, 0.4) is 0 Å². The van der Waals surface area contributed by atoms with Gasteiger partial charge in [0.15, 0.2) is 17.3 Å². The second kappa shape index (κ2) is 8.43. The number of furan rings is 1. The van der Waals surface area contributed by atoms with Crippen LogP contribution in [0, 0.1) is 0 Å². The van der Waals surface area contributed by atoms with Crippen LogP contribution >= 0.6 is 11.8 Å². The van der Waals surface area contributed by atoms with Crippen molar-refractivity contribution in [1.29, 1.82) is 0 Å². The van der Waals surface area contributed by atoms with E-state index in [1.165, 1.54) is 11.8 Å². The predicted molar refractivity (Wildman–Crippen MR) is 108 cm³/mol. The van der Waals surface area contributed by atoms with Gasteiger partial charge in [-0.2, -0.15) is 0 Å². The topological polar surface area (TPSA) is 90.8 Å². The third-order valence-electron chi connectivity index (χ3n) is 5.19. The molecule has 1 saturated heterocycles. The summed E-state index contributed by atoms with van der Waals surface area (Å²) in [4.78, 5) is 14.8. The molecular formula is C21H21N3O5S. The summed E-state index contributed by atoms with van der Waals surface area (Å²) in [5.41, 5.74) is 1.08. The van der Waals surface area contributed by atoms with E-state index in [-0.39, 0.29) is 17.7 Å². The van der Waals surface area contributed by atoms with Gasteiger partial charge in [0.05, 0.1) is 31.3 Å². The zero-order valence-corrected chi connectivity index (χ0v) is 17.1. The molecule has 8 nitrogen and oxygen atoms in total. The summed E-state index contributed by atoms with van der Waals surface area (Å²) < 4.78 is 22.4. The fourth-order valence-electron chi connectivity index (χ4n) is 3.77. The lowest BCUT2D eigenvalue weighted by Crippen LogP contribution is -2.32. The highest BCUT2D eigenvalue weighted by Crippen LogP contribution is 2.38. The van der Waals surface area contributed by atoms with Gasteiger partial charge in [0.25, 0.3) is 11.1 Å². The number of likely N-dealkylation sites (tertiary alicyclic amines) is 1. The van der Waals surface area contributed by atoms with Gasteiger partial charge in [-0.15, -0.1) is 10.2 Å². The Morgan fingerprint density at radius 2 is 2.03 bits per heavy atom. The minimum Gasteiger partial charge on any atom is -0.490 e. The molecule has 9 heteroatoms. The standard InChI is InChI=1S/C21H21N3O5S/c25-19(13-30-21-23-22-20(29-21)17-5-2-9-27-17)24-8-1-4-15(24)14-6-7-16-18(12-14)28-11-3-10-26-16/h2,5-7,9,12,15H,1,3-4,8,10-11,13H2. The Labute approximate surface area is 177 Å². The van der Waals surface area contributed by atoms with Crippen molar-refractivity contribution in [2.45, 2.75) is 30.5 Å². The zero-order chi connectivity index (χ0) is 20.3. The van der Waals surface area contributed by atoms with Gasteiger partial charge in [-0.05, 0) is 42.7 Å². The number of amides is 1. The Kier molecular flexibility index (Phi) is 5.35. The molecule has 1 aromatic carbocycles. The van der Waals surface area contributed by atoms with Crippen LogP contribution in [0.25, 0.3) is 11.7 Å². The van der Waals surface area contributed by atoms with Gasteiger partial charge in [-0.25, -0.2) is 0 Å². The number of ether oxygens (including phenoxy) is 2. The number of nitrogens with zero attached hydrogens (tertiary/aromatic N) is 3. The average molecular weight is 427 g/mol. The molecule has 4 heterocycles. The molecule has 0 spiro atoms. The SMILES string of the molecule is O=C(CSc1nnc(-c2ccco2)o1)N1CCCC1c1ccc2c(c1)OCCCO2. The number of rotatable bonds is 5. The summed E-state index contributed by atoms with van der Waals surface area (Å²) in [5.74, 6) is 2.63. The second-order valence-electron chi connectivity index (χ2n) is 7.14. The van der Waals surface area contributed by atoms with Crippen molar-refractivity contribution in [3.63, 3.8) is 0 Å². The van der Waals surface area contributed by atoms with Crippen LogP contribution < -0.4 is 9.47 Å². The Balaban J connectivity index is 1.25. The van der Waals surface area contributed by atoms with Crippen LogP contribution in [0.5, 0.6) is 11.5 Å². The lowest BCUT2D eigenvalue weighted by atomic mass is 10.0. The van der Waals surface area contributed by atoms with E-state index in [0.717, 1.165) is 42.9 Å². The smallest absolute Gasteiger partial charge is 0.284 e. The third-order valence-corrected chi connectivity index (χ3v) is 5.99. The van der Waals surface area contributed by atoms with Crippen molar-refractivity contribution in [3.8, 4) is 23.1 Å². The van der Waals surface area contributed by atoms with Gasteiger partial charge >= 0.3 is 0 Å². The summed E-state index contributed by atoms with van der Waals surface area (Å²) in [7, 11) is 0. The number of hydrogen-bond donors (Lipinski definition) is 0. The van der Waals surface area contributed by atoms with Gasteiger partial charge in [0.2, 0.25) is 5.91 Å². The first kappa shape index (κ1) is 19.0. The van der Waals surface area contributed by atoms with E-state index in [1.807, 2.05) is 23.1 Å². The van der Waals surface area contributed by atoms with E-state index < -0.39 is 0 Å². The quantitative estimate of drug-likeness (QED) is 0.566. The maximum Gasteiger partial charge on any atom is 0.284 e. The molecule has 5 rings (SSSR count). The van der Waals surface area contributed by atoms with Crippen LogP contribution in [-0.2, 0) is 4.79 Å². The van der Waals surface area contributed by atoms with Gasteiger partial charge in [0, 0.05) is 13.0 Å². The summed E-state index contributed by atoms with van der Waals surface area (Å²) in [6.45, 7) is 2.04. The number of thioether (sulfide) groups is 1. The molecule has 2 aliphatic rings. The molecule has 1 fully saturated rings. The monoisotopic (exact) mass is 427 g/mol. The maximum absolute atomic E-state index is 12.9. The number of fused-ring (bicyclic) bond motifs is 1. The molecule has 0 N–H and O–H groups in total. The van der Waals surface area contributed by atoms with E-state index in [0.29, 0.717) is 30.1 Å². The molecule has 1 atom stereocenters. The summed E-state index contributed by atoms with van der Waals surface area (Å²) in [5, 5.41) is 8.30. The van der Waals surface area contributed by atoms with E-state index in [2.05, 4.69) is 10.2 Å². The highest BCUT2D eigenvalue weighted by atomic mass is 32.2. The second-order valence-corrected chi connectivity index (χ2v) is 8.07. The first-order valence-corrected chi connectivity index (χ1v) is 11.0. The molecule has 0 bridgehead atoms. The highest BCUT2D eigenvalue weighted by molar-refractivity contribution is 7.99. The van der Waals surface area contributed by atoms with E-state index in [9.17, 15) is 4.79 Å². The molecule has 30 heavy (non-hydrogen) atoms. The van der Waals surface area contributed by atoms with Crippen molar-refractivity contribution >= 4 is 17.7 Å². The lowest BCUT2D eigenvalue weighted by molar-refractivity contribution is -0.129. The van der Waals surface area contributed by atoms with Gasteiger partial charge in [-0.3, -0.25) is 4.79 Å². The normalized spacial score (nSPS) is 18.4. The fraction of sp³-hybridized carbons (Fsp3) is 0.381. The summed E-state index contributed by atoms with van der Waals surface area (Å²) >= 11 is 1.24. The van der Waals surface area contributed by atoms with Crippen LogP contribution in [0.1, 0.15) is 30.9 Å². The largest absolute Gasteiger partial charge is 0.490 e. The van der Waals surface area contributed by atoms with Crippen molar-refractivity contribution in [2.75, 3.05) is 25.5 Å². The first-order valence-electron chi connectivity index (χ1n) is 9.97. The summed E-state index contributed by atoms with van der Waals surface area (Å²) in [6.07, 6.45) is 4.31. The summed E-state index contributed by atoms with van der Waals surface area (Å²) in [6, 6.07) is 9.53. The molecule has 2 aromatic heterocycles. The van der Waals surface area contributed by atoms with Crippen LogP contribution in [0.15, 0.2) is 50.7 Å². The fourth-order valence-corrected chi connectivity index (χ4v) is 4.42. The number of carbonyl (C=O) groups excluding carboxylic acids is 1. The third kappa shape index (κ3) is 3.89. The molecular weight excluding hydrogens is 406 g/mol. The zero-order valence-electron chi connectivity index (χ0n) is 16.3. The number of benzene rings is 1. The predicted octanol–water partition coefficient (Wildman–Crippen LogP) is 3.95. The molecule has 0 radical (unpaired) electrons. The number of carbonyl (C=O) groups is 1. The minimum absolute atomic E-state index is 0.0385. The van der Waals surface area contributed by atoms with E-state index in [4.69, 9.17) is 18.3 Å². The molecule has 156 valence electrons. The Morgan fingerprint density at radius 3 is 2.90 bits per heavy atom. The first-order chi connectivity index (χ1) is 14.8. The van der Waals surface area contributed by atoms with Crippen molar-refractivity contribution in [3.05, 3.63) is 42.2 Å². The average Bonchev–Trinajstić information content (AvgIpc) is 3.51. The molecule has 2 aliphatic heterocycles. The van der Waals surface area contributed by atoms with Gasteiger partial charge in [0.1, 0.15) is 0 Å². The molecule has 1 amide bonds. The van der Waals surface area contributed by atoms with Crippen LogP contribution in [-0.4, -0.2) is 46.5 Å². The Morgan fingerprint density at radius 1 is 1.13 bits per heavy atom. The number of hydrogen-bond acceptors (Lipinski definition) is 8. The van der Waals surface area contributed by atoms with Gasteiger partial charge in [-0.1, -0.05) is 17.8 Å². The Bertz CT molecular complexity index is 1020. The van der Waals surface area contributed by atoms with Gasteiger partial charge < -0.3 is 23.2 Å².